The molecule has 5 heterocycles. The van der Waals surface area contributed by atoms with Crippen molar-refractivity contribution < 1.29 is 4.79 Å². The Bertz CT molecular complexity index is 1030. The quantitative estimate of drug-likeness (QED) is 0.669. The molecule has 10 heteroatoms. The third-order valence-corrected chi connectivity index (χ3v) is 5.86. The molecule has 1 N–H and O–H groups in total. The number of imidazole rings is 1. The predicted molar refractivity (Wildman–Crippen MR) is 116 cm³/mol. The lowest BCUT2D eigenvalue weighted by molar-refractivity contribution is -0.120. The number of nitrogens with zero attached hydrogens (tertiary/aromatic N) is 8. The zero-order chi connectivity index (χ0) is 21.0. The van der Waals surface area contributed by atoms with Crippen LogP contribution in [0.25, 0.3) is 5.82 Å². The molecule has 3 aromatic rings. The molecule has 0 bridgehead atoms. The molecule has 5 rings (SSSR count). The number of amides is 1. The molecule has 3 aromatic heterocycles. The van der Waals surface area contributed by atoms with Crippen molar-refractivity contribution in [3.05, 3.63) is 43.5 Å². The first kappa shape index (κ1) is 19.4. The van der Waals surface area contributed by atoms with Gasteiger partial charge in [-0.1, -0.05) is 0 Å². The van der Waals surface area contributed by atoms with E-state index in [9.17, 15) is 4.79 Å². The van der Waals surface area contributed by atoms with Crippen LogP contribution < -0.4 is 15.1 Å². The summed E-state index contributed by atoms with van der Waals surface area (Å²) in [6.07, 6.45) is 12.4. The summed E-state index contributed by atoms with van der Waals surface area (Å²) >= 11 is 0. The second kappa shape index (κ2) is 8.66. The largest absolute Gasteiger partial charge is 0.356 e. The molecule has 0 spiro atoms. The van der Waals surface area contributed by atoms with Gasteiger partial charge >= 0.3 is 0 Å². The van der Waals surface area contributed by atoms with Crippen molar-refractivity contribution in [2.75, 3.05) is 41.3 Å². The SMILES string of the molecule is O=C(Nc1cc(N2CCCC2)ncn1)[C@H]1CCCN(c2cc(-n3ccnc3)ncn2)C1. The number of anilines is 3. The Kier molecular flexibility index (Phi) is 5.42. The zero-order valence-corrected chi connectivity index (χ0v) is 17.3. The van der Waals surface area contributed by atoms with Crippen molar-refractivity contribution >= 4 is 23.4 Å². The van der Waals surface area contributed by atoms with E-state index in [1.807, 2.05) is 22.9 Å². The van der Waals surface area contributed by atoms with Crippen molar-refractivity contribution in [3.8, 4) is 5.82 Å². The van der Waals surface area contributed by atoms with E-state index in [0.717, 1.165) is 49.9 Å². The molecule has 160 valence electrons. The fourth-order valence-electron chi connectivity index (χ4n) is 4.21. The van der Waals surface area contributed by atoms with Crippen molar-refractivity contribution in [1.29, 1.82) is 0 Å². The van der Waals surface area contributed by atoms with E-state index < -0.39 is 0 Å². The summed E-state index contributed by atoms with van der Waals surface area (Å²) in [6.45, 7) is 3.47. The maximum absolute atomic E-state index is 13.0. The van der Waals surface area contributed by atoms with Gasteiger partial charge < -0.3 is 15.1 Å². The molecule has 2 aliphatic heterocycles. The molecule has 2 aliphatic rings. The van der Waals surface area contributed by atoms with Gasteiger partial charge in [0.05, 0.1) is 5.92 Å². The third kappa shape index (κ3) is 4.32. The molecular formula is C21H25N9O. The minimum Gasteiger partial charge on any atom is -0.356 e. The maximum atomic E-state index is 13.0. The van der Waals surface area contributed by atoms with E-state index in [1.54, 1.807) is 18.9 Å². The molecular weight excluding hydrogens is 394 g/mol. The number of carbonyl (C=O) groups excluding carboxylic acids is 1. The fourth-order valence-corrected chi connectivity index (χ4v) is 4.21. The molecule has 1 atom stereocenters. The summed E-state index contributed by atoms with van der Waals surface area (Å²) in [7, 11) is 0. The molecule has 0 radical (unpaired) electrons. The molecule has 0 saturated carbocycles. The Hall–Kier alpha value is -3.56. The summed E-state index contributed by atoms with van der Waals surface area (Å²) in [5, 5.41) is 2.99. The van der Waals surface area contributed by atoms with Gasteiger partial charge in [-0.15, -0.1) is 0 Å². The van der Waals surface area contributed by atoms with Crippen LogP contribution in [0.5, 0.6) is 0 Å². The van der Waals surface area contributed by atoms with Gasteiger partial charge in [0.25, 0.3) is 0 Å². The first-order valence-corrected chi connectivity index (χ1v) is 10.7. The lowest BCUT2D eigenvalue weighted by atomic mass is 9.97. The van der Waals surface area contributed by atoms with Gasteiger partial charge in [0.1, 0.15) is 42.3 Å². The van der Waals surface area contributed by atoms with E-state index in [2.05, 4.69) is 40.0 Å². The van der Waals surface area contributed by atoms with E-state index in [-0.39, 0.29) is 11.8 Å². The summed E-state index contributed by atoms with van der Waals surface area (Å²) in [6, 6.07) is 3.79. The van der Waals surface area contributed by atoms with Crippen LogP contribution in [0.15, 0.2) is 43.5 Å². The highest BCUT2D eigenvalue weighted by Crippen LogP contribution is 2.24. The predicted octanol–water partition coefficient (Wildman–Crippen LogP) is 1.91. The second-order valence-corrected chi connectivity index (χ2v) is 7.93. The highest BCUT2D eigenvalue weighted by molar-refractivity contribution is 5.92. The number of hydrogen-bond acceptors (Lipinski definition) is 8. The minimum absolute atomic E-state index is 0.0142. The minimum atomic E-state index is -0.134. The Labute approximate surface area is 180 Å². The number of nitrogens with one attached hydrogen (secondary N) is 1. The van der Waals surface area contributed by atoms with E-state index in [4.69, 9.17) is 0 Å². The Morgan fingerprint density at radius 1 is 0.903 bits per heavy atom. The summed E-state index contributed by atoms with van der Waals surface area (Å²) < 4.78 is 1.84. The van der Waals surface area contributed by atoms with Crippen LogP contribution in [0, 0.1) is 5.92 Å². The maximum Gasteiger partial charge on any atom is 0.230 e. The summed E-state index contributed by atoms with van der Waals surface area (Å²) in [5.41, 5.74) is 0. The first-order valence-electron chi connectivity index (χ1n) is 10.7. The van der Waals surface area contributed by atoms with Gasteiger partial charge in [0, 0.05) is 50.7 Å². The van der Waals surface area contributed by atoms with Crippen molar-refractivity contribution in [2.24, 2.45) is 5.92 Å². The molecule has 31 heavy (non-hydrogen) atoms. The van der Waals surface area contributed by atoms with Crippen LogP contribution in [-0.4, -0.2) is 61.6 Å². The molecule has 2 fully saturated rings. The average molecular weight is 419 g/mol. The number of carbonyl (C=O) groups is 1. The molecule has 0 aliphatic carbocycles. The second-order valence-electron chi connectivity index (χ2n) is 7.93. The fraction of sp³-hybridized carbons (Fsp3) is 0.429. The van der Waals surface area contributed by atoms with E-state index in [0.29, 0.717) is 12.4 Å². The standard InChI is InChI=1S/C21H25N9O/c31-21(27-17-10-18(24-13-23-17)28-6-1-2-7-28)16-4-3-8-29(12-16)19-11-20(26-14-25-19)30-9-5-22-15-30/h5,9-11,13-16H,1-4,6-8,12H2,(H,23,24,27,31)/t16-/m0/s1. The van der Waals surface area contributed by atoms with Crippen molar-refractivity contribution in [2.45, 2.75) is 25.7 Å². The number of piperidine rings is 1. The molecule has 0 aromatic carbocycles. The van der Waals surface area contributed by atoms with Crippen molar-refractivity contribution in [3.63, 3.8) is 0 Å². The van der Waals surface area contributed by atoms with Crippen LogP contribution in [0.3, 0.4) is 0 Å². The Morgan fingerprint density at radius 3 is 2.45 bits per heavy atom. The van der Waals surface area contributed by atoms with E-state index >= 15 is 0 Å². The zero-order valence-electron chi connectivity index (χ0n) is 17.3. The number of rotatable bonds is 5. The van der Waals surface area contributed by atoms with Crippen LogP contribution in [0.2, 0.25) is 0 Å². The Morgan fingerprint density at radius 2 is 1.65 bits per heavy atom. The summed E-state index contributed by atoms with van der Waals surface area (Å²) in [4.78, 5) is 38.8. The smallest absolute Gasteiger partial charge is 0.230 e. The van der Waals surface area contributed by atoms with Crippen LogP contribution in [-0.2, 0) is 4.79 Å². The monoisotopic (exact) mass is 419 g/mol. The first-order chi connectivity index (χ1) is 15.3. The van der Waals surface area contributed by atoms with Crippen LogP contribution in [0.4, 0.5) is 17.5 Å². The summed E-state index contributed by atoms with van der Waals surface area (Å²) in [5.74, 6) is 2.86. The highest BCUT2D eigenvalue weighted by Gasteiger charge is 2.27. The van der Waals surface area contributed by atoms with Gasteiger partial charge in [-0.05, 0) is 25.7 Å². The van der Waals surface area contributed by atoms with Gasteiger partial charge in [-0.25, -0.2) is 24.9 Å². The lowest BCUT2D eigenvalue weighted by Gasteiger charge is -2.32. The third-order valence-electron chi connectivity index (χ3n) is 5.86. The lowest BCUT2D eigenvalue weighted by Crippen LogP contribution is -2.41. The molecule has 2 saturated heterocycles. The Balaban J connectivity index is 1.26. The van der Waals surface area contributed by atoms with Gasteiger partial charge in [0.2, 0.25) is 5.91 Å². The van der Waals surface area contributed by atoms with Crippen molar-refractivity contribution in [1.82, 2.24) is 29.5 Å². The van der Waals surface area contributed by atoms with Crippen LogP contribution in [0.1, 0.15) is 25.7 Å². The topological polar surface area (TPSA) is 105 Å². The van der Waals surface area contributed by atoms with Gasteiger partial charge in [-0.3, -0.25) is 9.36 Å². The average Bonchev–Trinajstić information content (AvgIpc) is 3.54. The number of hydrogen-bond donors (Lipinski definition) is 1. The highest BCUT2D eigenvalue weighted by atomic mass is 16.2. The molecule has 0 unspecified atom stereocenters. The van der Waals surface area contributed by atoms with Gasteiger partial charge in [-0.2, -0.15) is 0 Å². The van der Waals surface area contributed by atoms with Gasteiger partial charge in [0.15, 0.2) is 0 Å². The normalized spacial score (nSPS) is 18.9. The number of aromatic nitrogens is 6. The van der Waals surface area contributed by atoms with E-state index in [1.165, 1.54) is 19.2 Å². The molecule has 10 nitrogen and oxygen atoms in total. The van der Waals surface area contributed by atoms with Crippen LogP contribution >= 0.6 is 0 Å². The molecule has 1 amide bonds.